The maximum absolute atomic E-state index is 11.0. The first-order chi connectivity index (χ1) is 8.74. The van der Waals surface area contributed by atoms with E-state index >= 15 is 0 Å². The molecule has 0 aromatic rings. The number of hydrogen-bond acceptors (Lipinski definition) is 6. The van der Waals surface area contributed by atoms with Gasteiger partial charge in [0.25, 0.3) is 0 Å². The van der Waals surface area contributed by atoms with Crippen molar-refractivity contribution in [1.82, 2.24) is 9.80 Å². The van der Waals surface area contributed by atoms with Gasteiger partial charge in [-0.3, -0.25) is 9.69 Å². The standard InChI is InChI=1S/C11H20N2O5/c14-9-13-6-2-1-3-10(13)12-7-4-11(17-15,18-16)5-8-12/h9-10,15-16H,1-8H2. The zero-order valence-electron chi connectivity index (χ0n) is 10.3. The van der Waals surface area contributed by atoms with Gasteiger partial charge in [0.15, 0.2) is 0 Å². The molecule has 0 spiro atoms. The van der Waals surface area contributed by atoms with Gasteiger partial charge in [-0.05, 0) is 19.3 Å². The topological polar surface area (TPSA) is 82.5 Å². The number of rotatable bonds is 4. The van der Waals surface area contributed by atoms with Crippen LogP contribution in [0.2, 0.25) is 0 Å². The van der Waals surface area contributed by atoms with Crippen molar-refractivity contribution in [2.24, 2.45) is 0 Å². The van der Waals surface area contributed by atoms with Crippen LogP contribution < -0.4 is 0 Å². The molecule has 1 unspecified atom stereocenters. The second-order valence-corrected chi connectivity index (χ2v) is 4.95. The van der Waals surface area contributed by atoms with E-state index in [1.807, 2.05) is 4.90 Å². The third-order valence-corrected chi connectivity index (χ3v) is 3.96. The van der Waals surface area contributed by atoms with Crippen molar-refractivity contribution < 1.29 is 25.1 Å². The molecule has 0 aliphatic carbocycles. The van der Waals surface area contributed by atoms with Gasteiger partial charge in [0, 0.05) is 32.5 Å². The van der Waals surface area contributed by atoms with Crippen LogP contribution in [-0.4, -0.2) is 58.3 Å². The van der Waals surface area contributed by atoms with Crippen molar-refractivity contribution in [3.8, 4) is 0 Å². The molecule has 1 amide bonds. The van der Waals surface area contributed by atoms with Gasteiger partial charge < -0.3 is 4.90 Å². The molecule has 7 heteroatoms. The highest BCUT2D eigenvalue weighted by Crippen LogP contribution is 2.29. The van der Waals surface area contributed by atoms with E-state index in [0.717, 1.165) is 32.2 Å². The van der Waals surface area contributed by atoms with E-state index in [4.69, 9.17) is 10.5 Å². The number of hydrogen-bond donors (Lipinski definition) is 2. The first-order valence-electron chi connectivity index (χ1n) is 6.35. The van der Waals surface area contributed by atoms with E-state index in [1.54, 1.807) is 0 Å². The lowest BCUT2D eigenvalue weighted by Gasteiger charge is -2.45. The highest BCUT2D eigenvalue weighted by Gasteiger charge is 2.41. The number of carbonyl (C=O) groups excluding carboxylic acids is 1. The molecule has 2 aliphatic heterocycles. The lowest BCUT2D eigenvalue weighted by Crippen LogP contribution is -2.56. The van der Waals surface area contributed by atoms with E-state index in [0.29, 0.717) is 25.9 Å². The normalized spacial score (nSPS) is 29.2. The zero-order chi connectivity index (χ0) is 13.0. The van der Waals surface area contributed by atoms with Gasteiger partial charge in [0.1, 0.15) is 0 Å². The van der Waals surface area contributed by atoms with Gasteiger partial charge in [-0.2, -0.15) is 0 Å². The summed E-state index contributed by atoms with van der Waals surface area (Å²) >= 11 is 0. The fraction of sp³-hybridized carbons (Fsp3) is 0.909. The van der Waals surface area contributed by atoms with Crippen LogP contribution in [0.15, 0.2) is 0 Å². The van der Waals surface area contributed by atoms with Gasteiger partial charge in [-0.15, -0.1) is 0 Å². The van der Waals surface area contributed by atoms with E-state index in [2.05, 4.69) is 14.7 Å². The molecule has 1 atom stereocenters. The molecule has 0 aromatic heterocycles. The van der Waals surface area contributed by atoms with Gasteiger partial charge >= 0.3 is 0 Å². The summed E-state index contributed by atoms with van der Waals surface area (Å²) in [7, 11) is 0. The Kier molecular flexibility index (Phi) is 4.52. The smallest absolute Gasteiger partial charge is 0.235 e. The third kappa shape index (κ3) is 2.65. The summed E-state index contributed by atoms with van der Waals surface area (Å²) in [5.74, 6) is -1.31. The van der Waals surface area contributed by atoms with Crippen molar-refractivity contribution in [3.63, 3.8) is 0 Å². The van der Waals surface area contributed by atoms with E-state index in [-0.39, 0.29) is 6.17 Å². The summed E-state index contributed by atoms with van der Waals surface area (Å²) in [5, 5.41) is 17.5. The highest BCUT2D eigenvalue weighted by atomic mass is 17.2. The molecule has 104 valence electrons. The van der Waals surface area contributed by atoms with Crippen LogP contribution in [0.3, 0.4) is 0 Å². The Morgan fingerprint density at radius 1 is 1.11 bits per heavy atom. The predicted octanol–water partition coefficient (Wildman–Crippen LogP) is 0.726. The summed E-state index contributed by atoms with van der Waals surface area (Å²) in [6.45, 7) is 2.01. The Bertz CT molecular complexity index is 275. The van der Waals surface area contributed by atoms with Gasteiger partial charge in [-0.1, -0.05) is 0 Å². The molecule has 2 aliphatic rings. The van der Waals surface area contributed by atoms with Gasteiger partial charge in [0.2, 0.25) is 12.2 Å². The highest BCUT2D eigenvalue weighted by molar-refractivity contribution is 5.47. The minimum absolute atomic E-state index is 0.117. The lowest BCUT2D eigenvalue weighted by molar-refractivity contribution is -0.493. The second kappa shape index (κ2) is 5.94. The van der Waals surface area contributed by atoms with Crippen molar-refractivity contribution >= 4 is 6.41 Å². The SMILES string of the molecule is O=CN1CCCCC1N1CCC(OO)(OO)CC1. The number of nitrogens with zero attached hydrogens (tertiary/aromatic N) is 2. The molecule has 2 saturated heterocycles. The Morgan fingerprint density at radius 3 is 2.33 bits per heavy atom. The number of likely N-dealkylation sites (tertiary alicyclic amines) is 2. The van der Waals surface area contributed by atoms with Crippen molar-refractivity contribution in [2.45, 2.75) is 44.1 Å². The maximum atomic E-state index is 11.0. The quantitative estimate of drug-likeness (QED) is 0.335. The van der Waals surface area contributed by atoms with Gasteiger partial charge in [-0.25, -0.2) is 20.3 Å². The van der Waals surface area contributed by atoms with Gasteiger partial charge in [0.05, 0.1) is 6.17 Å². The third-order valence-electron chi connectivity index (χ3n) is 3.96. The number of amides is 1. The molecule has 0 aromatic carbocycles. The summed E-state index contributed by atoms with van der Waals surface area (Å²) in [4.78, 5) is 23.5. The molecule has 0 saturated carbocycles. The zero-order valence-corrected chi connectivity index (χ0v) is 10.3. The van der Waals surface area contributed by atoms with E-state index < -0.39 is 5.79 Å². The Balaban J connectivity index is 1.94. The molecule has 2 heterocycles. The van der Waals surface area contributed by atoms with Crippen LogP contribution >= 0.6 is 0 Å². The summed E-state index contributed by atoms with van der Waals surface area (Å²) in [5.41, 5.74) is 0. The van der Waals surface area contributed by atoms with Crippen molar-refractivity contribution in [1.29, 1.82) is 0 Å². The molecule has 7 nitrogen and oxygen atoms in total. The molecular weight excluding hydrogens is 240 g/mol. The fourth-order valence-electron chi connectivity index (χ4n) is 2.81. The van der Waals surface area contributed by atoms with Crippen LogP contribution in [0.1, 0.15) is 32.1 Å². The van der Waals surface area contributed by atoms with Crippen molar-refractivity contribution in [2.75, 3.05) is 19.6 Å². The number of piperidine rings is 2. The largest absolute Gasteiger partial charge is 0.330 e. The first-order valence-corrected chi connectivity index (χ1v) is 6.35. The Hall–Kier alpha value is -0.730. The van der Waals surface area contributed by atoms with Crippen molar-refractivity contribution in [3.05, 3.63) is 0 Å². The molecule has 2 fully saturated rings. The number of carbonyl (C=O) groups is 1. The molecular formula is C11H20N2O5. The Labute approximate surface area is 106 Å². The molecule has 18 heavy (non-hydrogen) atoms. The van der Waals surface area contributed by atoms with Crippen LogP contribution in [0, 0.1) is 0 Å². The van der Waals surface area contributed by atoms with Crippen LogP contribution in [0.25, 0.3) is 0 Å². The molecule has 0 bridgehead atoms. The minimum Gasteiger partial charge on any atom is -0.330 e. The lowest BCUT2D eigenvalue weighted by atomic mass is 10.0. The van der Waals surface area contributed by atoms with E-state index in [1.165, 1.54) is 0 Å². The average Bonchev–Trinajstić information content (AvgIpc) is 2.47. The monoisotopic (exact) mass is 260 g/mol. The molecule has 0 radical (unpaired) electrons. The Morgan fingerprint density at radius 2 is 1.78 bits per heavy atom. The fourth-order valence-corrected chi connectivity index (χ4v) is 2.81. The average molecular weight is 260 g/mol. The minimum atomic E-state index is -1.31. The molecule has 2 rings (SSSR count). The van der Waals surface area contributed by atoms with Crippen LogP contribution in [0.5, 0.6) is 0 Å². The predicted molar refractivity (Wildman–Crippen MR) is 61.4 cm³/mol. The summed E-state index contributed by atoms with van der Waals surface area (Å²) in [6.07, 6.45) is 4.87. The van der Waals surface area contributed by atoms with Crippen LogP contribution in [0.4, 0.5) is 0 Å². The summed E-state index contributed by atoms with van der Waals surface area (Å²) < 4.78 is 0. The second-order valence-electron chi connectivity index (χ2n) is 4.95. The van der Waals surface area contributed by atoms with E-state index in [9.17, 15) is 4.79 Å². The maximum Gasteiger partial charge on any atom is 0.235 e. The summed E-state index contributed by atoms with van der Waals surface area (Å²) in [6, 6.07) is 0. The van der Waals surface area contributed by atoms with Crippen LogP contribution in [-0.2, 0) is 14.6 Å². The molecule has 2 N–H and O–H groups in total. The first kappa shape index (κ1) is 13.7.